The van der Waals surface area contributed by atoms with E-state index in [0.717, 1.165) is 22.3 Å². The molecule has 0 aliphatic carbocycles. The van der Waals surface area contributed by atoms with Crippen LogP contribution in [0.2, 0.25) is 0 Å². The van der Waals surface area contributed by atoms with Gasteiger partial charge in [0.05, 0.1) is 11.1 Å². The number of carboxylic acids is 2. The summed E-state index contributed by atoms with van der Waals surface area (Å²) in [6.45, 7) is 3.83. The van der Waals surface area contributed by atoms with Gasteiger partial charge in [0.15, 0.2) is 0 Å². The molecule has 0 saturated heterocycles. The van der Waals surface area contributed by atoms with Crippen molar-refractivity contribution < 1.29 is 19.8 Å². The van der Waals surface area contributed by atoms with Gasteiger partial charge >= 0.3 is 11.9 Å². The first-order valence-electron chi connectivity index (χ1n) is 6.54. The minimum atomic E-state index is -0.966. The molecule has 2 N–H and O–H groups in total. The second-order valence-electron chi connectivity index (χ2n) is 5.07. The van der Waals surface area contributed by atoms with Crippen LogP contribution in [0.25, 0.3) is 0 Å². The van der Waals surface area contributed by atoms with Crippen LogP contribution in [0.4, 0.5) is 0 Å². The van der Waals surface area contributed by atoms with Crippen LogP contribution in [0.1, 0.15) is 43.0 Å². The molecule has 0 spiro atoms. The molecule has 0 aliphatic heterocycles. The fourth-order valence-corrected chi connectivity index (χ4v) is 2.20. The predicted molar refractivity (Wildman–Crippen MR) is 79.1 cm³/mol. The number of carbonyl (C=O) groups is 2. The Morgan fingerprint density at radius 3 is 1.52 bits per heavy atom. The maximum atomic E-state index is 11.0. The Bertz CT molecular complexity index is 655. The summed E-state index contributed by atoms with van der Waals surface area (Å²) in [6.07, 6.45) is 0.514. The van der Waals surface area contributed by atoms with Gasteiger partial charge < -0.3 is 10.2 Å². The average molecular weight is 284 g/mol. The van der Waals surface area contributed by atoms with Gasteiger partial charge in [0, 0.05) is 0 Å². The van der Waals surface area contributed by atoms with Crippen molar-refractivity contribution in [1.82, 2.24) is 0 Å². The number of hydrogen-bond acceptors (Lipinski definition) is 2. The van der Waals surface area contributed by atoms with Crippen LogP contribution in [-0.2, 0) is 6.42 Å². The number of aromatic carboxylic acids is 2. The number of carboxylic acid groups (broad SMARTS) is 2. The van der Waals surface area contributed by atoms with Crippen molar-refractivity contribution in [3.8, 4) is 0 Å². The quantitative estimate of drug-likeness (QED) is 0.903. The highest BCUT2D eigenvalue weighted by Crippen LogP contribution is 2.20. The lowest BCUT2D eigenvalue weighted by Gasteiger charge is -2.10. The summed E-state index contributed by atoms with van der Waals surface area (Å²) in [7, 11) is 0. The van der Waals surface area contributed by atoms with Gasteiger partial charge in [-0.3, -0.25) is 0 Å². The van der Waals surface area contributed by atoms with E-state index in [9.17, 15) is 9.59 Å². The number of hydrogen-bond donors (Lipinski definition) is 2. The number of rotatable bonds is 4. The van der Waals surface area contributed by atoms with E-state index < -0.39 is 11.9 Å². The van der Waals surface area contributed by atoms with Gasteiger partial charge in [0.25, 0.3) is 0 Å². The van der Waals surface area contributed by atoms with Crippen molar-refractivity contribution in [2.45, 2.75) is 20.3 Å². The normalized spacial score (nSPS) is 10.4. The molecule has 2 rings (SSSR count). The zero-order valence-corrected chi connectivity index (χ0v) is 11.9. The maximum absolute atomic E-state index is 11.0. The van der Waals surface area contributed by atoms with Crippen molar-refractivity contribution >= 4 is 11.9 Å². The first kappa shape index (κ1) is 14.8. The molecule has 0 aromatic heterocycles. The lowest BCUT2D eigenvalue weighted by molar-refractivity contribution is 0.0686. The molecule has 0 heterocycles. The zero-order chi connectivity index (χ0) is 15.6. The van der Waals surface area contributed by atoms with E-state index >= 15 is 0 Å². The Kier molecular flexibility index (Phi) is 4.08. The van der Waals surface area contributed by atoms with E-state index in [1.807, 2.05) is 13.8 Å². The smallest absolute Gasteiger partial charge is 0.335 e. The Labute approximate surface area is 122 Å². The molecule has 0 fully saturated rings. The fraction of sp³-hybridized carbons (Fsp3) is 0.176. The maximum Gasteiger partial charge on any atom is 0.335 e. The molecule has 0 bridgehead atoms. The van der Waals surface area contributed by atoms with Crippen molar-refractivity contribution in [3.63, 3.8) is 0 Å². The van der Waals surface area contributed by atoms with Crippen molar-refractivity contribution in [2.24, 2.45) is 0 Å². The van der Waals surface area contributed by atoms with Crippen LogP contribution in [0, 0.1) is 13.8 Å². The summed E-state index contributed by atoms with van der Waals surface area (Å²) in [4.78, 5) is 22.1. The number of benzene rings is 2. The molecule has 4 heteroatoms. The molecule has 0 atom stereocenters. The van der Waals surface area contributed by atoms with Gasteiger partial charge in [-0.25, -0.2) is 9.59 Å². The lowest BCUT2D eigenvalue weighted by atomic mass is 9.94. The van der Waals surface area contributed by atoms with Crippen LogP contribution in [0.15, 0.2) is 36.4 Å². The van der Waals surface area contributed by atoms with E-state index in [-0.39, 0.29) is 11.1 Å². The molecule has 0 saturated carbocycles. The molecule has 2 aromatic rings. The SMILES string of the molecule is Cc1ccc(C(=O)O)cc1Cc1cc(C(=O)O)ccc1C. The van der Waals surface area contributed by atoms with Crippen LogP contribution in [0.3, 0.4) is 0 Å². The third kappa shape index (κ3) is 3.28. The molecule has 108 valence electrons. The van der Waals surface area contributed by atoms with Crippen molar-refractivity contribution in [1.29, 1.82) is 0 Å². The monoisotopic (exact) mass is 284 g/mol. The largest absolute Gasteiger partial charge is 0.478 e. The summed E-state index contributed by atoms with van der Waals surface area (Å²) < 4.78 is 0. The van der Waals surface area contributed by atoms with E-state index in [4.69, 9.17) is 10.2 Å². The van der Waals surface area contributed by atoms with Crippen LogP contribution < -0.4 is 0 Å². The predicted octanol–water partition coefficient (Wildman–Crippen LogP) is 3.29. The minimum absolute atomic E-state index is 0.239. The van der Waals surface area contributed by atoms with Gasteiger partial charge in [-0.05, 0) is 66.8 Å². The third-order valence-electron chi connectivity index (χ3n) is 3.57. The zero-order valence-electron chi connectivity index (χ0n) is 11.9. The molecule has 21 heavy (non-hydrogen) atoms. The van der Waals surface area contributed by atoms with Gasteiger partial charge in [0.2, 0.25) is 0 Å². The van der Waals surface area contributed by atoms with E-state index in [2.05, 4.69) is 0 Å². The number of aryl methyl sites for hydroxylation is 2. The Morgan fingerprint density at radius 2 is 1.19 bits per heavy atom. The highest BCUT2D eigenvalue weighted by Gasteiger charge is 2.10. The van der Waals surface area contributed by atoms with E-state index in [0.29, 0.717) is 6.42 Å². The summed E-state index contributed by atoms with van der Waals surface area (Å²) >= 11 is 0. The molecule has 2 aromatic carbocycles. The molecule has 0 amide bonds. The summed E-state index contributed by atoms with van der Waals surface area (Å²) in [5, 5.41) is 18.1. The van der Waals surface area contributed by atoms with E-state index in [1.54, 1.807) is 36.4 Å². The second kappa shape index (κ2) is 5.79. The minimum Gasteiger partial charge on any atom is -0.478 e. The molecule has 4 nitrogen and oxygen atoms in total. The molecule has 0 radical (unpaired) electrons. The summed E-state index contributed by atoms with van der Waals surface area (Å²) in [6, 6.07) is 9.98. The Balaban J connectivity index is 2.42. The van der Waals surface area contributed by atoms with Crippen LogP contribution >= 0.6 is 0 Å². The molecular weight excluding hydrogens is 268 g/mol. The van der Waals surface area contributed by atoms with Gasteiger partial charge in [0.1, 0.15) is 0 Å². The standard InChI is InChI=1S/C17H16O4/c1-10-3-5-12(16(18)19)7-14(10)9-15-8-13(17(20)21)6-4-11(15)2/h3-8H,9H2,1-2H3,(H,18,19)(H,20,21). The fourth-order valence-electron chi connectivity index (χ4n) is 2.20. The van der Waals surface area contributed by atoms with Crippen LogP contribution in [-0.4, -0.2) is 22.2 Å². The Hall–Kier alpha value is -2.62. The second-order valence-corrected chi connectivity index (χ2v) is 5.07. The average Bonchev–Trinajstić information content (AvgIpc) is 2.43. The van der Waals surface area contributed by atoms with Gasteiger partial charge in [-0.2, -0.15) is 0 Å². The Morgan fingerprint density at radius 1 is 0.810 bits per heavy atom. The first-order valence-corrected chi connectivity index (χ1v) is 6.54. The van der Waals surface area contributed by atoms with Crippen LogP contribution in [0.5, 0.6) is 0 Å². The lowest BCUT2D eigenvalue weighted by Crippen LogP contribution is -2.03. The van der Waals surface area contributed by atoms with E-state index in [1.165, 1.54) is 0 Å². The highest BCUT2D eigenvalue weighted by atomic mass is 16.4. The summed E-state index contributed by atoms with van der Waals surface area (Å²) in [5.74, 6) is -1.93. The first-order chi connectivity index (χ1) is 9.88. The summed E-state index contributed by atoms with van der Waals surface area (Å²) in [5.41, 5.74) is 4.23. The van der Waals surface area contributed by atoms with Gasteiger partial charge in [-0.1, -0.05) is 12.1 Å². The topological polar surface area (TPSA) is 74.6 Å². The molecular formula is C17H16O4. The molecule has 0 unspecified atom stereocenters. The van der Waals surface area contributed by atoms with Crippen molar-refractivity contribution in [2.75, 3.05) is 0 Å². The third-order valence-corrected chi connectivity index (χ3v) is 3.57. The highest BCUT2D eigenvalue weighted by molar-refractivity contribution is 5.88. The molecule has 0 aliphatic rings. The van der Waals surface area contributed by atoms with Gasteiger partial charge in [-0.15, -0.1) is 0 Å². The van der Waals surface area contributed by atoms with Crippen molar-refractivity contribution in [3.05, 3.63) is 69.8 Å².